The number of thiophene rings is 1. The van der Waals surface area contributed by atoms with Crippen molar-refractivity contribution >= 4 is 44.8 Å². The van der Waals surface area contributed by atoms with Crippen molar-refractivity contribution < 1.29 is 10.2 Å². The van der Waals surface area contributed by atoms with Gasteiger partial charge in [-0.05, 0) is 17.7 Å². The number of fused-ring (bicyclic) bond motifs is 1. The molecule has 0 saturated heterocycles. The van der Waals surface area contributed by atoms with Gasteiger partial charge in [0.25, 0.3) is 0 Å². The number of hydrogen-bond donors (Lipinski definition) is 2. The normalized spacial score (nSPS) is 11.5. The van der Waals surface area contributed by atoms with E-state index in [1.54, 1.807) is 6.07 Å². The fourth-order valence-electron chi connectivity index (χ4n) is 1.07. The summed E-state index contributed by atoms with van der Waals surface area (Å²) < 4.78 is 1.04. The molecule has 0 atom stereocenters. The molecular weight excluding hydrogens is 247 g/mol. The van der Waals surface area contributed by atoms with Gasteiger partial charge in [0.2, 0.25) is 5.28 Å². The summed E-state index contributed by atoms with van der Waals surface area (Å²) in [5, 5.41) is 18.0. The molecular formula is C7H4Cl2N2O2S. The Morgan fingerprint density at radius 1 is 1.29 bits per heavy atom. The largest absolute Gasteiger partial charge is 0.363 e. The first-order valence-electron chi connectivity index (χ1n) is 3.56. The van der Waals surface area contributed by atoms with Crippen LogP contribution in [0.25, 0.3) is 10.2 Å². The van der Waals surface area contributed by atoms with Crippen molar-refractivity contribution in [1.82, 2.24) is 9.97 Å². The topological polar surface area (TPSA) is 66.2 Å². The van der Waals surface area contributed by atoms with E-state index in [-0.39, 0.29) is 11.0 Å². The van der Waals surface area contributed by atoms with Crippen molar-refractivity contribution in [2.24, 2.45) is 0 Å². The molecule has 74 valence electrons. The molecule has 14 heavy (non-hydrogen) atoms. The summed E-state index contributed by atoms with van der Waals surface area (Å²) in [6.45, 7) is 0. The van der Waals surface area contributed by atoms with Gasteiger partial charge in [0.1, 0.15) is 5.69 Å². The van der Waals surface area contributed by atoms with Gasteiger partial charge < -0.3 is 10.2 Å². The highest BCUT2D eigenvalue weighted by molar-refractivity contribution is 7.22. The highest BCUT2D eigenvalue weighted by Crippen LogP contribution is 2.32. The summed E-state index contributed by atoms with van der Waals surface area (Å²) in [5.41, 5.74) is 0.597. The molecule has 0 spiro atoms. The van der Waals surface area contributed by atoms with E-state index in [4.69, 9.17) is 33.4 Å². The average molecular weight is 251 g/mol. The lowest BCUT2D eigenvalue weighted by molar-refractivity contribution is -0.0444. The fourth-order valence-corrected chi connectivity index (χ4v) is 2.42. The van der Waals surface area contributed by atoms with E-state index in [1.165, 1.54) is 11.3 Å². The molecule has 2 rings (SSSR count). The first kappa shape index (κ1) is 10.1. The molecule has 2 aromatic rings. The SMILES string of the molecule is OC(O)c1nc(Cl)nc2cc(Cl)sc12. The van der Waals surface area contributed by atoms with Gasteiger partial charge in [0.05, 0.1) is 14.6 Å². The monoisotopic (exact) mass is 250 g/mol. The third kappa shape index (κ3) is 1.69. The van der Waals surface area contributed by atoms with E-state index >= 15 is 0 Å². The van der Waals surface area contributed by atoms with Crippen molar-refractivity contribution in [3.05, 3.63) is 21.4 Å². The lowest BCUT2D eigenvalue weighted by Gasteiger charge is -2.03. The van der Waals surface area contributed by atoms with Crippen molar-refractivity contribution in [1.29, 1.82) is 0 Å². The van der Waals surface area contributed by atoms with Crippen LogP contribution in [0.4, 0.5) is 0 Å². The fraction of sp³-hybridized carbons (Fsp3) is 0.143. The zero-order chi connectivity index (χ0) is 10.3. The second-order valence-electron chi connectivity index (χ2n) is 2.52. The quantitative estimate of drug-likeness (QED) is 0.600. The van der Waals surface area contributed by atoms with Crippen LogP contribution in [-0.2, 0) is 0 Å². The molecule has 0 aliphatic rings. The lowest BCUT2D eigenvalue weighted by atomic mass is 10.3. The third-order valence-corrected chi connectivity index (χ3v) is 3.03. The van der Waals surface area contributed by atoms with Gasteiger partial charge in [-0.2, -0.15) is 0 Å². The number of rotatable bonds is 1. The second kappa shape index (κ2) is 3.60. The number of aliphatic hydroxyl groups excluding tert-OH is 1. The molecule has 0 saturated carbocycles. The smallest absolute Gasteiger partial charge is 0.223 e. The summed E-state index contributed by atoms with van der Waals surface area (Å²) in [6, 6.07) is 1.60. The van der Waals surface area contributed by atoms with E-state index in [0.29, 0.717) is 14.6 Å². The molecule has 2 aromatic heterocycles. The molecule has 4 nitrogen and oxygen atoms in total. The Bertz CT molecular complexity index is 486. The third-order valence-electron chi connectivity index (χ3n) is 1.59. The molecule has 0 unspecified atom stereocenters. The van der Waals surface area contributed by atoms with Gasteiger partial charge in [-0.3, -0.25) is 0 Å². The van der Waals surface area contributed by atoms with Crippen molar-refractivity contribution in [3.8, 4) is 0 Å². The number of nitrogens with zero attached hydrogens (tertiary/aromatic N) is 2. The Hall–Kier alpha value is -0.460. The van der Waals surface area contributed by atoms with Gasteiger partial charge in [-0.15, -0.1) is 11.3 Å². The predicted molar refractivity (Wildman–Crippen MR) is 54.6 cm³/mol. The minimum atomic E-state index is -1.67. The van der Waals surface area contributed by atoms with Crippen LogP contribution in [0.2, 0.25) is 9.62 Å². The second-order valence-corrected chi connectivity index (χ2v) is 4.54. The van der Waals surface area contributed by atoms with Gasteiger partial charge in [-0.1, -0.05) is 11.6 Å². The molecule has 7 heteroatoms. The van der Waals surface area contributed by atoms with Crippen LogP contribution in [0.15, 0.2) is 6.07 Å². The van der Waals surface area contributed by atoms with E-state index in [1.807, 2.05) is 0 Å². The van der Waals surface area contributed by atoms with Crippen LogP contribution in [0.5, 0.6) is 0 Å². The Kier molecular flexibility index (Phi) is 2.59. The van der Waals surface area contributed by atoms with Crippen molar-refractivity contribution in [2.45, 2.75) is 6.29 Å². The van der Waals surface area contributed by atoms with Crippen LogP contribution < -0.4 is 0 Å². The van der Waals surface area contributed by atoms with Gasteiger partial charge >= 0.3 is 0 Å². The van der Waals surface area contributed by atoms with Crippen LogP contribution in [-0.4, -0.2) is 20.2 Å². The first-order chi connectivity index (χ1) is 6.58. The lowest BCUT2D eigenvalue weighted by Crippen LogP contribution is -2.00. The summed E-state index contributed by atoms with van der Waals surface area (Å²) >= 11 is 12.5. The van der Waals surface area contributed by atoms with Gasteiger partial charge in [0, 0.05) is 0 Å². The van der Waals surface area contributed by atoms with Crippen LogP contribution in [0.3, 0.4) is 0 Å². The molecule has 0 aliphatic carbocycles. The molecule has 0 fully saturated rings. The van der Waals surface area contributed by atoms with Crippen molar-refractivity contribution in [3.63, 3.8) is 0 Å². The number of aliphatic hydroxyl groups is 2. The molecule has 2 N–H and O–H groups in total. The maximum Gasteiger partial charge on any atom is 0.223 e. The first-order valence-corrected chi connectivity index (χ1v) is 5.14. The van der Waals surface area contributed by atoms with Crippen LogP contribution in [0.1, 0.15) is 12.0 Å². The molecule has 0 bridgehead atoms. The minimum absolute atomic E-state index is 0.0323. The van der Waals surface area contributed by atoms with Crippen LogP contribution >= 0.6 is 34.5 Å². The zero-order valence-electron chi connectivity index (χ0n) is 6.61. The van der Waals surface area contributed by atoms with Crippen LogP contribution in [0, 0.1) is 0 Å². The van der Waals surface area contributed by atoms with E-state index in [9.17, 15) is 0 Å². The Morgan fingerprint density at radius 2 is 2.00 bits per heavy atom. The molecule has 2 heterocycles. The summed E-state index contributed by atoms with van der Waals surface area (Å²) in [4.78, 5) is 7.62. The Morgan fingerprint density at radius 3 is 2.64 bits per heavy atom. The van der Waals surface area contributed by atoms with E-state index < -0.39 is 6.29 Å². The van der Waals surface area contributed by atoms with Gasteiger partial charge in [-0.25, -0.2) is 9.97 Å². The van der Waals surface area contributed by atoms with Gasteiger partial charge in [0.15, 0.2) is 6.29 Å². The maximum absolute atomic E-state index is 9.03. The molecule has 0 aliphatic heterocycles. The Labute approximate surface area is 92.8 Å². The Balaban J connectivity index is 2.79. The number of aromatic nitrogens is 2. The highest BCUT2D eigenvalue weighted by atomic mass is 35.5. The maximum atomic E-state index is 9.03. The standard InChI is InChI=1S/C7H4Cl2N2O2S/c8-3-1-2-5(14-3)4(6(12)13)11-7(9)10-2/h1,6,12-13H. The molecule has 0 aromatic carbocycles. The zero-order valence-corrected chi connectivity index (χ0v) is 8.94. The number of hydrogen-bond acceptors (Lipinski definition) is 5. The van der Waals surface area contributed by atoms with E-state index in [2.05, 4.69) is 9.97 Å². The predicted octanol–water partition coefficient (Wildman–Crippen LogP) is 1.98. The molecule has 0 radical (unpaired) electrons. The number of halogens is 2. The molecule has 0 amide bonds. The summed E-state index contributed by atoms with van der Waals surface area (Å²) in [6.07, 6.45) is -1.67. The minimum Gasteiger partial charge on any atom is -0.363 e. The highest BCUT2D eigenvalue weighted by Gasteiger charge is 2.15. The van der Waals surface area contributed by atoms with E-state index in [0.717, 1.165) is 0 Å². The average Bonchev–Trinajstić information content (AvgIpc) is 2.42. The van der Waals surface area contributed by atoms with Crippen molar-refractivity contribution in [2.75, 3.05) is 0 Å². The summed E-state index contributed by atoms with van der Waals surface area (Å²) in [5.74, 6) is 0. The summed E-state index contributed by atoms with van der Waals surface area (Å²) in [7, 11) is 0.